The summed E-state index contributed by atoms with van der Waals surface area (Å²) in [5.41, 5.74) is 5.69. The molecule has 1 fully saturated rings. The Morgan fingerprint density at radius 1 is 1.30 bits per heavy atom. The van der Waals surface area contributed by atoms with Crippen LogP contribution in [0.5, 0.6) is 11.5 Å². The van der Waals surface area contributed by atoms with Crippen molar-refractivity contribution in [3.05, 3.63) is 35.5 Å². The van der Waals surface area contributed by atoms with E-state index in [-0.39, 0.29) is 18.6 Å². The van der Waals surface area contributed by atoms with Crippen molar-refractivity contribution in [2.75, 3.05) is 17.7 Å². The summed E-state index contributed by atoms with van der Waals surface area (Å²) in [5, 5.41) is 13.3. The van der Waals surface area contributed by atoms with Crippen molar-refractivity contribution in [2.45, 2.75) is 25.3 Å². The van der Waals surface area contributed by atoms with Crippen LogP contribution in [0, 0.1) is 5.92 Å². The average molecular weight is 335 g/mol. The summed E-state index contributed by atoms with van der Waals surface area (Å²) in [4.78, 5) is 8.24. The molecule has 7 heteroatoms. The lowest BCUT2D eigenvalue weighted by Gasteiger charge is -2.16. The smallest absolute Gasteiger partial charge is 0.222 e. The lowest BCUT2D eigenvalue weighted by Crippen LogP contribution is -2.18. The van der Waals surface area contributed by atoms with Crippen LogP contribution < -0.4 is 15.8 Å². The van der Waals surface area contributed by atoms with Crippen LogP contribution in [0.25, 0.3) is 0 Å². The highest BCUT2D eigenvalue weighted by molar-refractivity contribution is 6.30. The van der Waals surface area contributed by atoms with Gasteiger partial charge in [-0.05, 0) is 49.4 Å². The average Bonchev–Trinajstić information content (AvgIpc) is 3.00. The van der Waals surface area contributed by atoms with Gasteiger partial charge < -0.3 is 20.9 Å². The zero-order valence-electron chi connectivity index (χ0n) is 12.6. The molecule has 4 N–H and O–H groups in total. The van der Waals surface area contributed by atoms with Crippen molar-refractivity contribution in [2.24, 2.45) is 5.92 Å². The molecule has 3 rings (SSSR count). The molecule has 122 valence electrons. The summed E-state index contributed by atoms with van der Waals surface area (Å²) in [6, 6.07) is 7.31. The van der Waals surface area contributed by atoms with Crippen LogP contribution in [-0.4, -0.2) is 27.7 Å². The summed E-state index contributed by atoms with van der Waals surface area (Å²) in [5.74, 6) is 2.25. The van der Waals surface area contributed by atoms with Crippen LogP contribution in [0.15, 0.2) is 30.5 Å². The Hall–Kier alpha value is -2.05. The van der Waals surface area contributed by atoms with E-state index in [2.05, 4.69) is 15.3 Å². The Morgan fingerprint density at radius 3 is 2.78 bits per heavy atom. The molecular formula is C16H19ClN4O2. The van der Waals surface area contributed by atoms with Crippen LogP contribution in [0.3, 0.4) is 0 Å². The Labute approximate surface area is 139 Å². The summed E-state index contributed by atoms with van der Waals surface area (Å²) < 4.78 is 5.83. The molecule has 1 aromatic heterocycles. The second kappa shape index (κ2) is 7.02. The van der Waals surface area contributed by atoms with Crippen LogP contribution in [0.4, 0.5) is 11.8 Å². The molecule has 1 aromatic carbocycles. The van der Waals surface area contributed by atoms with E-state index in [9.17, 15) is 5.11 Å². The quantitative estimate of drug-likeness (QED) is 0.778. The van der Waals surface area contributed by atoms with Crippen LogP contribution in [0.1, 0.15) is 19.3 Å². The number of aliphatic hydroxyl groups excluding tert-OH is 1. The van der Waals surface area contributed by atoms with Gasteiger partial charge in [0.1, 0.15) is 5.75 Å². The van der Waals surface area contributed by atoms with Gasteiger partial charge in [-0.2, -0.15) is 4.98 Å². The van der Waals surface area contributed by atoms with Gasteiger partial charge in [0.15, 0.2) is 11.6 Å². The van der Waals surface area contributed by atoms with Crippen LogP contribution >= 0.6 is 11.6 Å². The highest BCUT2D eigenvalue weighted by atomic mass is 35.5. The fraction of sp³-hybridized carbons (Fsp3) is 0.375. The van der Waals surface area contributed by atoms with Crippen molar-refractivity contribution < 1.29 is 9.84 Å². The van der Waals surface area contributed by atoms with Gasteiger partial charge in [-0.15, -0.1) is 0 Å². The molecule has 0 spiro atoms. The van der Waals surface area contributed by atoms with Crippen molar-refractivity contribution in [3.8, 4) is 11.5 Å². The number of nitrogen functional groups attached to an aromatic ring is 1. The molecule has 0 radical (unpaired) electrons. The molecule has 0 amide bonds. The molecule has 0 bridgehead atoms. The molecule has 0 aliphatic heterocycles. The minimum atomic E-state index is 0.188. The molecule has 0 saturated heterocycles. The Bertz CT molecular complexity index is 666. The number of aliphatic hydroxyl groups is 1. The number of nitrogens with zero attached hydrogens (tertiary/aromatic N) is 2. The first kappa shape index (κ1) is 15.8. The number of nitrogens with two attached hydrogens (primary N) is 1. The number of hydrogen-bond acceptors (Lipinski definition) is 6. The highest BCUT2D eigenvalue weighted by Gasteiger charge is 2.25. The van der Waals surface area contributed by atoms with Gasteiger partial charge in [-0.1, -0.05) is 11.6 Å². The normalized spacial score (nSPS) is 20.4. The summed E-state index contributed by atoms with van der Waals surface area (Å²) in [6.45, 7) is 0.220. The van der Waals surface area contributed by atoms with Gasteiger partial charge in [-0.3, -0.25) is 0 Å². The van der Waals surface area contributed by atoms with E-state index in [0.29, 0.717) is 28.3 Å². The maximum atomic E-state index is 9.26. The molecule has 2 atom stereocenters. The number of rotatable bonds is 5. The Balaban J connectivity index is 1.76. The van der Waals surface area contributed by atoms with Crippen LogP contribution in [0.2, 0.25) is 5.02 Å². The topological polar surface area (TPSA) is 93.3 Å². The molecule has 6 nitrogen and oxygen atoms in total. The summed E-state index contributed by atoms with van der Waals surface area (Å²) in [6.07, 6.45) is 4.44. The molecular weight excluding hydrogens is 316 g/mol. The zero-order valence-corrected chi connectivity index (χ0v) is 13.3. The molecule has 1 aliphatic carbocycles. The van der Waals surface area contributed by atoms with E-state index in [1.54, 1.807) is 30.5 Å². The van der Waals surface area contributed by atoms with E-state index in [1.807, 2.05) is 0 Å². The van der Waals surface area contributed by atoms with Gasteiger partial charge in [0.25, 0.3) is 0 Å². The van der Waals surface area contributed by atoms with Gasteiger partial charge in [0.05, 0.1) is 6.20 Å². The number of hydrogen-bond donors (Lipinski definition) is 3. The van der Waals surface area contributed by atoms with Gasteiger partial charge in [0, 0.05) is 17.7 Å². The molecule has 1 aliphatic rings. The minimum absolute atomic E-state index is 0.188. The van der Waals surface area contributed by atoms with Gasteiger partial charge >= 0.3 is 0 Å². The van der Waals surface area contributed by atoms with Crippen molar-refractivity contribution in [1.29, 1.82) is 0 Å². The Kier molecular flexibility index (Phi) is 4.83. The first-order valence-electron chi connectivity index (χ1n) is 7.57. The molecule has 0 unspecified atom stereocenters. The van der Waals surface area contributed by atoms with E-state index in [1.165, 1.54) is 0 Å². The number of halogens is 1. The molecule has 23 heavy (non-hydrogen) atoms. The van der Waals surface area contributed by atoms with E-state index in [4.69, 9.17) is 22.1 Å². The lowest BCUT2D eigenvalue weighted by atomic mass is 10.1. The fourth-order valence-corrected chi connectivity index (χ4v) is 2.88. The first-order chi connectivity index (χ1) is 11.1. The summed E-state index contributed by atoms with van der Waals surface area (Å²) in [7, 11) is 0. The SMILES string of the molecule is Nc1ncc(Oc2ccc(Cl)cc2)c(N[C@H]2CC[C@@H](CO)C2)n1. The highest BCUT2D eigenvalue weighted by Crippen LogP contribution is 2.32. The predicted octanol–water partition coefficient (Wildman–Crippen LogP) is 3.08. The van der Waals surface area contributed by atoms with E-state index >= 15 is 0 Å². The minimum Gasteiger partial charge on any atom is -0.452 e. The molecule has 1 saturated carbocycles. The third kappa shape index (κ3) is 4.03. The number of anilines is 2. The number of nitrogens with one attached hydrogen (secondary N) is 1. The number of aromatic nitrogens is 2. The first-order valence-corrected chi connectivity index (χ1v) is 7.95. The monoisotopic (exact) mass is 334 g/mol. The van der Waals surface area contributed by atoms with Crippen molar-refractivity contribution >= 4 is 23.4 Å². The maximum Gasteiger partial charge on any atom is 0.222 e. The fourth-order valence-electron chi connectivity index (χ4n) is 2.76. The van der Waals surface area contributed by atoms with E-state index < -0.39 is 0 Å². The second-order valence-electron chi connectivity index (χ2n) is 5.70. The number of ether oxygens (including phenoxy) is 1. The molecule has 2 aromatic rings. The number of benzene rings is 1. The van der Waals surface area contributed by atoms with Crippen LogP contribution in [-0.2, 0) is 0 Å². The van der Waals surface area contributed by atoms with Gasteiger partial charge in [0.2, 0.25) is 5.95 Å². The van der Waals surface area contributed by atoms with Gasteiger partial charge in [-0.25, -0.2) is 4.98 Å². The summed E-state index contributed by atoms with van der Waals surface area (Å²) >= 11 is 5.88. The standard InChI is InChI=1S/C16H19ClN4O2/c17-11-2-5-13(6-3-11)23-14-8-19-16(18)21-15(14)20-12-4-1-10(7-12)9-22/h2-3,5-6,8,10,12,22H,1,4,7,9H2,(H3,18,19,20,21)/t10-,12+/m1/s1. The third-order valence-corrected chi connectivity index (χ3v) is 4.21. The molecule has 1 heterocycles. The largest absolute Gasteiger partial charge is 0.452 e. The Morgan fingerprint density at radius 2 is 2.09 bits per heavy atom. The van der Waals surface area contributed by atoms with E-state index in [0.717, 1.165) is 19.3 Å². The zero-order chi connectivity index (χ0) is 16.2. The third-order valence-electron chi connectivity index (χ3n) is 3.96. The lowest BCUT2D eigenvalue weighted by molar-refractivity contribution is 0.229. The second-order valence-corrected chi connectivity index (χ2v) is 6.14. The van der Waals surface area contributed by atoms with Crippen molar-refractivity contribution in [3.63, 3.8) is 0 Å². The predicted molar refractivity (Wildman–Crippen MR) is 89.8 cm³/mol. The maximum absolute atomic E-state index is 9.26. The van der Waals surface area contributed by atoms with Crippen molar-refractivity contribution in [1.82, 2.24) is 9.97 Å².